The number of halogens is 1. The van der Waals surface area contributed by atoms with Crippen LogP contribution in [0.2, 0.25) is 18.1 Å². The van der Waals surface area contributed by atoms with E-state index in [1.165, 1.54) is 0 Å². The van der Waals surface area contributed by atoms with Crippen molar-refractivity contribution in [1.29, 1.82) is 0 Å². The van der Waals surface area contributed by atoms with E-state index < -0.39 is 14.6 Å². The van der Waals surface area contributed by atoms with Gasteiger partial charge in [0, 0.05) is 19.3 Å². The van der Waals surface area contributed by atoms with Crippen molar-refractivity contribution in [2.24, 2.45) is 11.3 Å². The van der Waals surface area contributed by atoms with Crippen LogP contribution in [-0.4, -0.2) is 43.7 Å². The summed E-state index contributed by atoms with van der Waals surface area (Å²) in [6, 6.07) is 1.99. The zero-order valence-electron chi connectivity index (χ0n) is 19.9. The Morgan fingerprint density at radius 1 is 1.27 bits per heavy atom. The van der Waals surface area contributed by atoms with Crippen LogP contribution in [0.5, 0.6) is 0 Å². The molecule has 0 bridgehead atoms. The molecule has 0 N–H and O–H groups in total. The third kappa shape index (κ3) is 6.56. The summed E-state index contributed by atoms with van der Waals surface area (Å²) in [5, 5.41) is 0.629. The molecule has 1 aromatic rings. The van der Waals surface area contributed by atoms with E-state index in [1.54, 1.807) is 4.90 Å². The van der Waals surface area contributed by atoms with Gasteiger partial charge in [-0.15, -0.1) is 0 Å². The summed E-state index contributed by atoms with van der Waals surface area (Å²) >= 11 is 6.69. The Balaban J connectivity index is 2.25. The summed E-state index contributed by atoms with van der Waals surface area (Å²) in [6.45, 7) is 19.6. The summed E-state index contributed by atoms with van der Waals surface area (Å²) in [4.78, 5) is 18.9. The van der Waals surface area contributed by atoms with Gasteiger partial charge in [-0.2, -0.15) is 0 Å². The van der Waals surface area contributed by atoms with Crippen molar-refractivity contribution >= 4 is 32.3 Å². The van der Waals surface area contributed by atoms with Crippen LogP contribution in [0, 0.1) is 11.3 Å². The zero-order chi connectivity index (χ0) is 22.9. The number of rotatable bonds is 4. The highest BCUT2D eigenvalue weighted by Gasteiger charge is 2.32. The average molecular weight is 453 g/mol. The summed E-state index contributed by atoms with van der Waals surface area (Å²) < 4.78 is 11.8. The van der Waals surface area contributed by atoms with Crippen molar-refractivity contribution in [2.75, 3.05) is 13.1 Å². The number of aromatic nitrogens is 1. The van der Waals surface area contributed by atoms with Gasteiger partial charge < -0.3 is 14.1 Å². The molecule has 1 aromatic heterocycles. The Hall–Kier alpha value is -1.37. The maximum absolute atomic E-state index is 12.4. The van der Waals surface area contributed by atoms with Crippen LogP contribution < -0.4 is 0 Å². The molecule has 2 atom stereocenters. The molecule has 0 spiro atoms. The third-order valence-corrected chi connectivity index (χ3v) is 5.97. The van der Waals surface area contributed by atoms with Gasteiger partial charge >= 0.3 is 6.09 Å². The predicted molar refractivity (Wildman–Crippen MR) is 126 cm³/mol. The largest absolute Gasteiger partial charge is 0.444 e. The van der Waals surface area contributed by atoms with E-state index in [9.17, 15) is 4.79 Å². The van der Waals surface area contributed by atoms with Gasteiger partial charge in [0.05, 0.1) is 16.8 Å². The van der Waals surface area contributed by atoms with E-state index in [0.29, 0.717) is 18.1 Å². The number of pyridine rings is 1. The van der Waals surface area contributed by atoms with Crippen molar-refractivity contribution in [3.63, 3.8) is 0 Å². The first-order valence-corrected chi connectivity index (χ1v) is 13.8. The fourth-order valence-electron chi connectivity index (χ4n) is 3.54. The van der Waals surface area contributed by atoms with E-state index >= 15 is 0 Å². The minimum atomic E-state index is -1.26. The van der Waals surface area contributed by atoms with E-state index in [1.807, 2.05) is 33.0 Å². The second kappa shape index (κ2) is 9.41. The number of hydrogen-bond donors (Lipinski definition) is 0. The molecule has 2 rings (SSSR count). The van der Waals surface area contributed by atoms with Crippen LogP contribution in [0.25, 0.3) is 5.57 Å². The zero-order valence-corrected chi connectivity index (χ0v) is 21.8. The highest BCUT2D eigenvalue weighted by Crippen LogP contribution is 2.40. The van der Waals surface area contributed by atoms with Gasteiger partial charge in [0.15, 0.2) is 9.04 Å². The second-order valence-corrected chi connectivity index (χ2v) is 13.2. The molecule has 30 heavy (non-hydrogen) atoms. The first kappa shape index (κ1) is 24.9. The number of hydrogen-bond acceptors (Lipinski definition) is 4. The van der Waals surface area contributed by atoms with Crippen molar-refractivity contribution in [2.45, 2.75) is 73.3 Å². The van der Waals surface area contributed by atoms with Gasteiger partial charge in [-0.3, -0.25) is 4.98 Å². The van der Waals surface area contributed by atoms with Crippen molar-refractivity contribution < 1.29 is 14.0 Å². The Morgan fingerprint density at radius 3 is 2.37 bits per heavy atom. The van der Waals surface area contributed by atoms with E-state index in [0.717, 1.165) is 16.8 Å². The van der Waals surface area contributed by atoms with Crippen molar-refractivity contribution in [3.05, 3.63) is 34.6 Å². The molecule has 7 heteroatoms. The Kier molecular flexibility index (Phi) is 7.81. The van der Waals surface area contributed by atoms with Crippen LogP contribution in [0.1, 0.15) is 65.8 Å². The Bertz CT molecular complexity index is 797. The Labute approximate surface area is 188 Å². The summed E-state index contributed by atoms with van der Waals surface area (Å²) in [5.41, 5.74) is 2.35. The minimum Gasteiger partial charge on any atom is -0.444 e. The van der Waals surface area contributed by atoms with Gasteiger partial charge in [0.2, 0.25) is 0 Å². The fourth-order valence-corrected chi connectivity index (χ4v) is 4.89. The summed E-state index contributed by atoms with van der Waals surface area (Å²) in [6.07, 6.45) is 3.55. The molecule has 5 nitrogen and oxygen atoms in total. The molecule has 1 amide bonds. The Morgan fingerprint density at radius 2 is 1.90 bits per heavy atom. The normalized spacial score (nSPS) is 19.0. The number of carbonyl (C=O) groups excluding carboxylic acids is 1. The molecule has 0 aromatic carbocycles. The number of amides is 1. The maximum atomic E-state index is 12.4. The maximum Gasteiger partial charge on any atom is 0.410 e. The lowest BCUT2D eigenvalue weighted by Gasteiger charge is -2.34. The second-order valence-electron chi connectivity index (χ2n) is 10.5. The van der Waals surface area contributed by atoms with Gasteiger partial charge in [-0.05, 0) is 62.4 Å². The lowest BCUT2D eigenvalue weighted by Crippen LogP contribution is -2.41. The van der Waals surface area contributed by atoms with Gasteiger partial charge in [-0.1, -0.05) is 45.4 Å². The molecule has 168 valence electrons. The molecule has 2 heterocycles. The highest BCUT2D eigenvalue weighted by atomic mass is 35.5. The van der Waals surface area contributed by atoms with Crippen LogP contribution in [0.4, 0.5) is 4.79 Å². The molecule has 1 aliphatic heterocycles. The molecule has 0 radical (unpaired) electrons. The summed E-state index contributed by atoms with van der Waals surface area (Å²) in [7, 11) is -1.26. The number of ether oxygens (including phenoxy) is 1. The fraction of sp³-hybridized carbons (Fsp3) is 0.652. The van der Waals surface area contributed by atoms with Gasteiger partial charge in [-0.25, -0.2) is 4.79 Å². The molecule has 0 fully saturated rings. The first-order chi connectivity index (χ1) is 13.7. The van der Waals surface area contributed by atoms with E-state index in [4.69, 9.17) is 25.7 Å². The van der Waals surface area contributed by atoms with Crippen LogP contribution in [-0.2, 0) is 9.16 Å². The van der Waals surface area contributed by atoms with Crippen LogP contribution in [0.15, 0.2) is 18.3 Å². The van der Waals surface area contributed by atoms with Crippen LogP contribution >= 0.6 is 11.6 Å². The highest BCUT2D eigenvalue weighted by molar-refractivity contribution is 6.48. The average Bonchev–Trinajstić information content (AvgIpc) is 2.57. The number of nitrogens with zero attached hydrogens (tertiary/aromatic N) is 2. The molecule has 0 aliphatic carbocycles. The lowest BCUT2D eigenvalue weighted by molar-refractivity contribution is 0.0251. The quantitative estimate of drug-likeness (QED) is 0.518. The first-order valence-electron chi connectivity index (χ1n) is 10.7. The van der Waals surface area contributed by atoms with Crippen LogP contribution in [0.3, 0.4) is 0 Å². The van der Waals surface area contributed by atoms with E-state index in [2.05, 4.69) is 46.9 Å². The molecule has 2 unspecified atom stereocenters. The minimum absolute atomic E-state index is 0.0965. The van der Waals surface area contributed by atoms with E-state index in [-0.39, 0.29) is 23.5 Å². The monoisotopic (exact) mass is 452 g/mol. The SMILES string of the molecule is CC1CN(C(=O)OC(C)(C)C)CC=C1c1cnc(C(O[SiH](C)C)C(C)(C)C)c(Cl)c1. The molecular formula is C23H37ClN2O3Si. The smallest absolute Gasteiger partial charge is 0.410 e. The lowest BCUT2D eigenvalue weighted by atomic mass is 9.86. The van der Waals surface area contributed by atoms with Gasteiger partial charge in [0.1, 0.15) is 5.60 Å². The predicted octanol–water partition coefficient (Wildman–Crippen LogP) is 6.09. The van der Waals surface area contributed by atoms with Gasteiger partial charge in [0.25, 0.3) is 0 Å². The molecule has 0 saturated carbocycles. The molecule has 0 saturated heterocycles. The number of carbonyl (C=O) groups is 1. The van der Waals surface area contributed by atoms with Crippen molar-refractivity contribution in [3.8, 4) is 0 Å². The molecular weight excluding hydrogens is 416 g/mol. The third-order valence-electron chi connectivity index (χ3n) is 4.85. The topological polar surface area (TPSA) is 51.7 Å². The summed E-state index contributed by atoms with van der Waals surface area (Å²) in [5.74, 6) is 0.160. The standard InChI is InChI=1S/C23H37ClN2O3Si/c1-15-14-26(21(27)28-23(5,6)7)11-10-17(15)16-12-18(24)19(25-13-16)20(22(2,3)4)29-30(8)9/h10,12-13,15,20,30H,11,14H2,1-9H3. The van der Waals surface area contributed by atoms with Crippen molar-refractivity contribution in [1.82, 2.24) is 9.88 Å². The molecule has 1 aliphatic rings.